The molecule has 0 aromatic carbocycles. The molecule has 0 aromatic rings. The van der Waals surface area contributed by atoms with E-state index in [2.05, 4.69) is 74.6 Å². The molecule has 0 aromatic heterocycles. The number of carbonyl (C=O) groups excluding carboxylic acids is 2. The van der Waals surface area contributed by atoms with Crippen molar-refractivity contribution >= 4 is 19.8 Å². The van der Waals surface area contributed by atoms with Gasteiger partial charge < -0.3 is 18.9 Å². The highest BCUT2D eigenvalue weighted by atomic mass is 31.2. The van der Waals surface area contributed by atoms with Gasteiger partial charge in [-0.1, -0.05) is 242 Å². The van der Waals surface area contributed by atoms with Crippen LogP contribution in [0.3, 0.4) is 0 Å². The Morgan fingerprint density at radius 1 is 0.464 bits per heavy atom. The maximum atomic E-state index is 12.8. The Kier molecular flexibility index (Phi) is 49.0. The largest absolute Gasteiger partial charge is 0.472 e. The van der Waals surface area contributed by atoms with Crippen LogP contribution in [-0.4, -0.2) is 74.9 Å². The highest BCUT2D eigenvalue weighted by Gasteiger charge is 2.27. The van der Waals surface area contributed by atoms with Gasteiger partial charge in [0.25, 0.3) is 0 Å². The minimum absolute atomic E-state index is 0.0328. The predicted octanol–water partition coefficient (Wildman–Crippen LogP) is 17.5. The van der Waals surface area contributed by atoms with Gasteiger partial charge in [-0.15, -0.1) is 0 Å². The minimum atomic E-state index is -4.38. The molecule has 0 bridgehead atoms. The van der Waals surface area contributed by atoms with E-state index >= 15 is 0 Å². The number of quaternary nitrogens is 1. The van der Waals surface area contributed by atoms with Crippen molar-refractivity contribution in [1.82, 2.24) is 0 Å². The van der Waals surface area contributed by atoms with Crippen molar-refractivity contribution in [2.45, 2.75) is 258 Å². The first kappa shape index (κ1) is 66.7. The van der Waals surface area contributed by atoms with Crippen molar-refractivity contribution in [3.63, 3.8) is 0 Å². The predicted molar refractivity (Wildman–Crippen MR) is 293 cm³/mol. The van der Waals surface area contributed by atoms with Crippen LogP contribution in [-0.2, 0) is 32.7 Å². The molecule has 2 unspecified atom stereocenters. The van der Waals surface area contributed by atoms with E-state index in [4.69, 9.17) is 18.5 Å². The molecule has 1 N–H and O–H groups in total. The summed E-state index contributed by atoms with van der Waals surface area (Å²) in [5.41, 5.74) is 0. The highest BCUT2D eigenvalue weighted by Crippen LogP contribution is 2.43. The molecule has 402 valence electrons. The van der Waals surface area contributed by atoms with Crippen LogP contribution in [0.15, 0.2) is 60.8 Å². The van der Waals surface area contributed by atoms with E-state index in [-0.39, 0.29) is 25.6 Å². The summed E-state index contributed by atoms with van der Waals surface area (Å²) in [5, 5.41) is 0. The Balaban J connectivity index is 4.01. The zero-order chi connectivity index (χ0) is 50.6. The van der Waals surface area contributed by atoms with Crippen LogP contribution in [0.5, 0.6) is 0 Å². The standard InChI is InChI=1S/C59H108NO8P/c1-6-8-10-12-14-16-18-20-21-22-23-24-25-26-27-28-29-30-31-32-33-34-35-36-37-38-39-40-42-44-46-48-50-52-59(62)68-57(56-67-69(63,64)66-54-53-60(3,4)5)55-65-58(61)51-49-47-45-43-41-19-17-15-13-11-9-7-2/h8,10,14,16,20-21,23-24,26-27,57H,6-7,9,11-13,15,17-19,22,25,28-56H2,1-5H3/p+1/b10-8-,16-14-,21-20-,24-23-,27-26-. The number of esters is 2. The van der Waals surface area contributed by atoms with E-state index in [9.17, 15) is 19.0 Å². The summed E-state index contributed by atoms with van der Waals surface area (Å²) in [5.74, 6) is -0.789. The zero-order valence-corrected chi connectivity index (χ0v) is 46.4. The first-order chi connectivity index (χ1) is 33.5. The molecule has 0 fully saturated rings. The third-order valence-electron chi connectivity index (χ3n) is 12.3. The third kappa shape index (κ3) is 54.9. The Hall–Kier alpha value is -2.29. The average molecular weight is 991 g/mol. The molecule has 0 saturated carbocycles. The lowest BCUT2D eigenvalue weighted by molar-refractivity contribution is -0.870. The number of carbonyl (C=O) groups is 2. The van der Waals surface area contributed by atoms with Gasteiger partial charge >= 0.3 is 19.8 Å². The fraction of sp³-hybridized carbons (Fsp3) is 0.797. The second-order valence-corrected chi connectivity index (χ2v) is 21.8. The first-order valence-corrected chi connectivity index (χ1v) is 30.0. The zero-order valence-electron chi connectivity index (χ0n) is 45.5. The quantitative estimate of drug-likeness (QED) is 0.0211. The summed E-state index contributed by atoms with van der Waals surface area (Å²) in [6, 6.07) is 0. The van der Waals surface area contributed by atoms with Gasteiger partial charge in [0.15, 0.2) is 6.10 Å². The molecule has 2 atom stereocenters. The first-order valence-electron chi connectivity index (χ1n) is 28.5. The van der Waals surface area contributed by atoms with Crippen molar-refractivity contribution in [2.75, 3.05) is 47.5 Å². The van der Waals surface area contributed by atoms with E-state index in [1.165, 1.54) is 154 Å². The Morgan fingerprint density at radius 3 is 1.23 bits per heavy atom. The number of hydrogen-bond donors (Lipinski definition) is 1. The number of phosphoric acid groups is 1. The van der Waals surface area contributed by atoms with Crippen LogP contribution in [0.1, 0.15) is 251 Å². The minimum Gasteiger partial charge on any atom is -0.462 e. The molecule has 0 aliphatic heterocycles. The Morgan fingerprint density at radius 2 is 0.826 bits per heavy atom. The molecule has 0 rings (SSSR count). The molecule has 0 spiro atoms. The highest BCUT2D eigenvalue weighted by molar-refractivity contribution is 7.47. The molecule has 0 saturated heterocycles. The SMILES string of the molecule is CC/C=C\C/C=C\C/C=C\C/C=C\C/C=C\CCCCCCCCCCCCCCCCCCCC(=O)OC(COC(=O)CCCCCCCCCCCCCC)COP(=O)(O)OCC[N+](C)(C)C. The second-order valence-electron chi connectivity index (χ2n) is 20.3. The van der Waals surface area contributed by atoms with Crippen LogP contribution >= 0.6 is 7.82 Å². The molecule has 69 heavy (non-hydrogen) atoms. The van der Waals surface area contributed by atoms with Crippen LogP contribution in [0.25, 0.3) is 0 Å². The summed E-state index contributed by atoms with van der Waals surface area (Å²) in [6.07, 6.45) is 64.4. The van der Waals surface area contributed by atoms with Gasteiger partial charge in [-0.05, 0) is 57.8 Å². The molecule has 10 heteroatoms. The maximum absolute atomic E-state index is 12.8. The van der Waals surface area contributed by atoms with E-state index in [1.807, 2.05) is 21.1 Å². The number of nitrogens with zero attached hydrogens (tertiary/aromatic N) is 1. The molecule has 0 aliphatic carbocycles. The van der Waals surface area contributed by atoms with E-state index in [1.54, 1.807) is 0 Å². The van der Waals surface area contributed by atoms with Gasteiger partial charge in [-0.2, -0.15) is 0 Å². The molecule has 0 radical (unpaired) electrons. The van der Waals surface area contributed by atoms with Gasteiger partial charge in [-0.25, -0.2) is 4.57 Å². The Labute approximate surface area is 426 Å². The summed E-state index contributed by atoms with van der Waals surface area (Å²) in [4.78, 5) is 35.6. The Bertz CT molecular complexity index is 1350. The van der Waals surface area contributed by atoms with Crippen molar-refractivity contribution in [1.29, 1.82) is 0 Å². The molecular formula is C59H109NO8P+. The van der Waals surface area contributed by atoms with Crippen molar-refractivity contribution in [3.8, 4) is 0 Å². The van der Waals surface area contributed by atoms with Gasteiger partial charge in [0.2, 0.25) is 0 Å². The van der Waals surface area contributed by atoms with Gasteiger partial charge in [0.1, 0.15) is 19.8 Å². The lowest BCUT2D eigenvalue weighted by Gasteiger charge is -2.24. The van der Waals surface area contributed by atoms with E-state index in [0.29, 0.717) is 23.9 Å². The third-order valence-corrected chi connectivity index (χ3v) is 13.3. The summed E-state index contributed by atoms with van der Waals surface area (Å²) < 4.78 is 34.5. The van der Waals surface area contributed by atoms with Crippen molar-refractivity contribution in [2.24, 2.45) is 0 Å². The van der Waals surface area contributed by atoms with Crippen LogP contribution in [0.4, 0.5) is 0 Å². The number of rotatable bonds is 52. The molecular weight excluding hydrogens is 882 g/mol. The fourth-order valence-electron chi connectivity index (χ4n) is 7.93. The average Bonchev–Trinajstić information content (AvgIpc) is 3.31. The number of allylic oxidation sites excluding steroid dienone is 10. The summed E-state index contributed by atoms with van der Waals surface area (Å²) >= 11 is 0. The lowest BCUT2D eigenvalue weighted by Crippen LogP contribution is -2.37. The maximum Gasteiger partial charge on any atom is 0.472 e. The summed E-state index contributed by atoms with van der Waals surface area (Å²) in [6.45, 7) is 4.33. The van der Waals surface area contributed by atoms with Crippen molar-refractivity contribution in [3.05, 3.63) is 60.8 Å². The van der Waals surface area contributed by atoms with E-state index < -0.39 is 26.5 Å². The number of ether oxygens (including phenoxy) is 2. The number of unbranched alkanes of at least 4 members (excludes halogenated alkanes) is 28. The number of hydrogen-bond acceptors (Lipinski definition) is 7. The second kappa shape index (κ2) is 50.6. The number of likely N-dealkylation sites (N-methyl/N-ethyl adjacent to an activating group) is 1. The summed E-state index contributed by atoms with van der Waals surface area (Å²) in [7, 11) is 1.48. The lowest BCUT2D eigenvalue weighted by atomic mass is 10.0. The normalized spacial score (nSPS) is 13.8. The van der Waals surface area contributed by atoms with Crippen LogP contribution < -0.4 is 0 Å². The molecule has 0 aliphatic rings. The van der Waals surface area contributed by atoms with Gasteiger partial charge in [-0.3, -0.25) is 18.6 Å². The van der Waals surface area contributed by atoms with Gasteiger partial charge in [0, 0.05) is 12.8 Å². The van der Waals surface area contributed by atoms with Crippen LogP contribution in [0.2, 0.25) is 0 Å². The monoisotopic (exact) mass is 991 g/mol. The smallest absolute Gasteiger partial charge is 0.462 e. The number of phosphoric ester groups is 1. The van der Waals surface area contributed by atoms with E-state index in [0.717, 1.165) is 64.2 Å². The molecule has 0 heterocycles. The van der Waals surface area contributed by atoms with Crippen molar-refractivity contribution < 1.29 is 42.1 Å². The van der Waals surface area contributed by atoms with Crippen LogP contribution in [0, 0.1) is 0 Å². The van der Waals surface area contributed by atoms with Gasteiger partial charge in [0.05, 0.1) is 27.7 Å². The molecule has 0 amide bonds. The topological polar surface area (TPSA) is 108 Å². The fourth-order valence-corrected chi connectivity index (χ4v) is 8.67. The molecule has 9 nitrogen and oxygen atoms in total.